The number of rotatable bonds is 8. The first-order valence-corrected chi connectivity index (χ1v) is 8.74. The zero-order valence-corrected chi connectivity index (χ0v) is 13.6. The van der Waals surface area contributed by atoms with E-state index < -0.39 is 0 Å². The van der Waals surface area contributed by atoms with Crippen molar-refractivity contribution in [3.63, 3.8) is 0 Å². The second-order valence-corrected chi connectivity index (χ2v) is 6.01. The quantitative estimate of drug-likeness (QED) is 0.723. The smallest absolute Gasteiger partial charge is 0.141 e. The highest BCUT2D eigenvalue weighted by Crippen LogP contribution is 2.21. The van der Waals surface area contributed by atoms with Gasteiger partial charge < -0.3 is 5.32 Å². The predicted octanol–water partition coefficient (Wildman–Crippen LogP) is 4.61. The average molecular weight is 301 g/mol. The van der Waals surface area contributed by atoms with Gasteiger partial charge in [-0.05, 0) is 18.6 Å². The average Bonchev–Trinajstić information content (AvgIpc) is 2.54. The Bertz CT molecular complexity index is 543. The van der Waals surface area contributed by atoms with E-state index in [4.69, 9.17) is 4.98 Å². The van der Waals surface area contributed by atoms with Crippen LogP contribution in [0.4, 0.5) is 5.82 Å². The standard InChI is InChI=1S/C17H23N3S/c1-3-10-18-16-12-15(14-8-6-5-7-9-14)19-17(20-16)13-21-11-4-2/h5-9,12H,3-4,10-11,13H2,1-2H3,(H,18,19,20). The minimum absolute atomic E-state index is 0.870. The molecule has 4 heteroatoms. The number of aromatic nitrogens is 2. The number of thioether (sulfide) groups is 1. The van der Waals surface area contributed by atoms with Crippen molar-refractivity contribution >= 4 is 17.6 Å². The minimum atomic E-state index is 0.870. The Labute approximate surface area is 131 Å². The summed E-state index contributed by atoms with van der Waals surface area (Å²) in [5.41, 5.74) is 2.14. The molecule has 0 spiro atoms. The zero-order chi connectivity index (χ0) is 14.9. The predicted molar refractivity (Wildman–Crippen MR) is 92.7 cm³/mol. The topological polar surface area (TPSA) is 37.8 Å². The molecule has 0 aliphatic rings. The van der Waals surface area contributed by atoms with Crippen LogP contribution in [-0.4, -0.2) is 22.3 Å². The summed E-state index contributed by atoms with van der Waals surface area (Å²) in [6.07, 6.45) is 2.27. The Kier molecular flexibility index (Phi) is 6.54. The van der Waals surface area contributed by atoms with Crippen LogP contribution in [0.1, 0.15) is 32.5 Å². The number of hydrogen-bond acceptors (Lipinski definition) is 4. The molecular weight excluding hydrogens is 278 g/mol. The maximum Gasteiger partial charge on any atom is 0.141 e. The van der Waals surface area contributed by atoms with Crippen molar-refractivity contribution in [1.29, 1.82) is 0 Å². The molecule has 0 unspecified atom stereocenters. The van der Waals surface area contributed by atoms with Gasteiger partial charge in [0.25, 0.3) is 0 Å². The Morgan fingerprint density at radius 1 is 1.05 bits per heavy atom. The van der Waals surface area contributed by atoms with Crippen LogP contribution < -0.4 is 5.32 Å². The fourth-order valence-corrected chi connectivity index (χ4v) is 2.71. The van der Waals surface area contributed by atoms with Crippen LogP contribution in [0.15, 0.2) is 36.4 Å². The fraction of sp³-hybridized carbons (Fsp3) is 0.412. The number of nitrogens with one attached hydrogen (secondary N) is 1. The van der Waals surface area contributed by atoms with E-state index in [9.17, 15) is 0 Å². The van der Waals surface area contributed by atoms with E-state index in [0.717, 1.165) is 47.4 Å². The molecule has 21 heavy (non-hydrogen) atoms. The van der Waals surface area contributed by atoms with Crippen molar-refractivity contribution in [1.82, 2.24) is 9.97 Å². The first-order valence-electron chi connectivity index (χ1n) is 7.58. The number of benzene rings is 1. The highest BCUT2D eigenvalue weighted by Gasteiger charge is 2.06. The van der Waals surface area contributed by atoms with Gasteiger partial charge in [0.1, 0.15) is 11.6 Å². The van der Waals surface area contributed by atoms with Gasteiger partial charge in [0.2, 0.25) is 0 Å². The second-order valence-electron chi connectivity index (χ2n) is 4.90. The van der Waals surface area contributed by atoms with E-state index >= 15 is 0 Å². The molecule has 0 radical (unpaired) electrons. The van der Waals surface area contributed by atoms with Crippen molar-refractivity contribution in [2.24, 2.45) is 0 Å². The summed E-state index contributed by atoms with van der Waals surface area (Å²) in [5, 5.41) is 3.37. The molecule has 1 aromatic carbocycles. The maximum absolute atomic E-state index is 4.71. The lowest BCUT2D eigenvalue weighted by molar-refractivity contribution is 0.952. The molecule has 0 aliphatic carbocycles. The Morgan fingerprint density at radius 3 is 2.57 bits per heavy atom. The first kappa shape index (κ1) is 15.8. The third kappa shape index (κ3) is 5.05. The van der Waals surface area contributed by atoms with E-state index in [-0.39, 0.29) is 0 Å². The SMILES string of the molecule is CCCNc1cc(-c2ccccc2)nc(CSCCC)n1. The third-order valence-corrected chi connectivity index (χ3v) is 4.14. The number of anilines is 1. The fourth-order valence-electron chi connectivity index (χ4n) is 1.97. The summed E-state index contributed by atoms with van der Waals surface area (Å²) in [5.74, 6) is 3.86. The lowest BCUT2D eigenvalue weighted by Crippen LogP contribution is -2.05. The van der Waals surface area contributed by atoms with Crippen LogP contribution >= 0.6 is 11.8 Å². The normalized spacial score (nSPS) is 10.6. The van der Waals surface area contributed by atoms with Gasteiger partial charge in [-0.3, -0.25) is 0 Å². The lowest BCUT2D eigenvalue weighted by atomic mass is 10.1. The molecule has 0 aliphatic heterocycles. The van der Waals surface area contributed by atoms with Crippen LogP contribution in [0.5, 0.6) is 0 Å². The first-order chi connectivity index (χ1) is 10.3. The summed E-state index contributed by atoms with van der Waals surface area (Å²) in [6.45, 7) is 5.29. The molecule has 0 atom stereocenters. The molecule has 112 valence electrons. The largest absolute Gasteiger partial charge is 0.370 e. The van der Waals surface area contributed by atoms with Gasteiger partial charge in [-0.15, -0.1) is 0 Å². The van der Waals surface area contributed by atoms with Crippen LogP contribution in [0.2, 0.25) is 0 Å². The van der Waals surface area contributed by atoms with Crippen LogP contribution in [0.3, 0.4) is 0 Å². The molecule has 3 nitrogen and oxygen atoms in total. The highest BCUT2D eigenvalue weighted by molar-refractivity contribution is 7.98. The third-order valence-electron chi connectivity index (χ3n) is 2.98. The van der Waals surface area contributed by atoms with E-state index in [1.54, 1.807) is 0 Å². The van der Waals surface area contributed by atoms with Crippen molar-refractivity contribution in [3.05, 3.63) is 42.2 Å². The van der Waals surface area contributed by atoms with E-state index in [2.05, 4.69) is 36.3 Å². The Balaban J connectivity index is 2.23. The van der Waals surface area contributed by atoms with E-state index in [1.165, 1.54) is 6.42 Å². The number of nitrogens with zero attached hydrogens (tertiary/aromatic N) is 2. The summed E-state index contributed by atoms with van der Waals surface area (Å²) < 4.78 is 0. The van der Waals surface area contributed by atoms with Gasteiger partial charge in [0.15, 0.2) is 0 Å². The van der Waals surface area contributed by atoms with Crippen LogP contribution in [0, 0.1) is 0 Å². The van der Waals surface area contributed by atoms with Crippen molar-refractivity contribution in [2.45, 2.75) is 32.4 Å². The molecule has 0 saturated carbocycles. The molecule has 2 rings (SSSR count). The molecule has 0 saturated heterocycles. The van der Waals surface area contributed by atoms with E-state index in [1.807, 2.05) is 36.0 Å². The molecule has 1 heterocycles. The van der Waals surface area contributed by atoms with Crippen molar-refractivity contribution in [2.75, 3.05) is 17.6 Å². The number of hydrogen-bond donors (Lipinski definition) is 1. The molecule has 0 bridgehead atoms. The van der Waals surface area contributed by atoms with Gasteiger partial charge in [0.05, 0.1) is 11.4 Å². The monoisotopic (exact) mass is 301 g/mol. The van der Waals surface area contributed by atoms with Gasteiger partial charge in [0, 0.05) is 18.2 Å². The molecule has 1 aromatic heterocycles. The van der Waals surface area contributed by atoms with Gasteiger partial charge >= 0.3 is 0 Å². The van der Waals surface area contributed by atoms with Crippen LogP contribution in [0.25, 0.3) is 11.3 Å². The van der Waals surface area contributed by atoms with Gasteiger partial charge in [-0.1, -0.05) is 44.2 Å². The minimum Gasteiger partial charge on any atom is -0.370 e. The molecule has 1 N–H and O–H groups in total. The van der Waals surface area contributed by atoms with Gasteiger partial charge in [-0.2, -0.15) is 11.8 Å². The Morgan fingerprint density at radius 2 is 1.86 bits per heavy atom. The molecule has 0 amide bonds. The molecular formula is C17H23N3S. The van der Waals surface area contributed by atoms with Crippen molar-refractivity contribution in [3.8, 4) is 11.3 Å². The molecule has 2 aromatic rings. The van der Waals surface area contributed by atoms with Crippen LogP contribution in [-0.2, 0) is 5.75 Å². The lowest BCUT2D eigenvalue weighted by Gasteiger charge is -2.09. The Hall–Kier alpha value is -1.55. The van der Waals surface area contributed by atoms with Gasteiger partial charge in [-0.25, -0.2) is 9.97 Å². The summed E-state index contributed by atoms with van der Waals surface area (Å²) in [7, 11) is 0. The zero-order valence-electron chi connectivity index (χ0n) is 12.8. The molecule has 0 fully saturated rings. The summed E-state index contributed by atoms with van der Waals surface area (Å²) in [6, 6.07) is 12.3. The maximum atomic E-state index is 4.71. The summed E-state index contributed by atoms with van der Waals surface area (Å²) >= 11 is 1.89. The second kappa shape index (κ2) is 8.67. The highest BCUT2D eigenvalue weighted by atomic mass is 32.2. The van der Waals surface area contributed by atoms with Crippen molar-refractivity contribution < 1.29 is 0 Å². The summed E-state index contributed by atoms with van der Waals surface area (Å²) in [4.78, 5) is 9.34. The van der Waals surface area contributed by atoms with E-state index in [0.29, 0.717) is 0 Å².